The van der Waals surface area contributed by atoms with E-state index in [-0.39, 0.29) is 17.3 Å². The summed E-state index contributed by atoms with van der Waals surface area (Å²) < 4.78 is 13.4. The van der Waals surface area contributed by atoms with Crippen LogP contribution in [0.2, 0.25) is 0 Å². The topological polar surface area (TPSA) is 44.4 Å². The first kappa shape index (κ1) is 20.5. The number of ether oxygens (including phenoxy) is 1. The molecule has 4 nitrogen and oxygen atoms in total. The Morgan fingerprint density at radius 2 is 1.70 bits per heavy atom. The van der Waals surface area contributed by atoms with Gasteiger partial charge in [-0.3, -0.25) is 4.57 Å². The van der Waals surface area contributed by atoms with Crippen molar-refractivity contribution in [3.63, 3.8) is 0 Å². The number of rotatable bonds is 6. The Morgan fingerprint density at radius 1 is 1.03 bits per heavy atom. The second kappa shape index (κ2) is 8.55. The highest BCUT2D eigenvalue weighted by molar-refractivity contribution is 5.25. The molecule has 30 heavy (non-hydrogen) atoms. The van der Waals surface area contributed by atoms with E-state index in [1.807, 2.05) is 30.3 Å². The highest BCUT2D eigenvalue weighted by atomic mass is 16.6. The molecule has 0 spiro atoms. The lowest BCUT2D eigenvalue weighted by atomic mass is 9.64. The lowest BCUT2D eigenvalue weighted by Gasteiger charge is -2.43. The van der Waals surface area contributed by atoms with Gasteiger partial charge in [0.25, 0.3) is 0 Å². The minimum absolute atomic E-state index is 0.0136. The molecule has 3 aromatic rings. The third-order valence-electron chi connectivity index (χ3n) is 6.65. The molecule has 1 aliphatic carbocycles. The van der Waals surface area contributed by atoms with Crippen molar-refractivity contribution in [3.8, 4) is 5.95 Å². The molecule has 3 unspecified atom stereocenters. The molecule has 1 fully saturated rings. The highest BCUT2D eigenvalue weighted by Crippen LogP contribution is 2.43. The van der Waals surface area contributed by atoms with Crippen LogP contribution in [0.25, 0.3) is 0 Å². The van der Waals surface area contributed by atoms with E-state index in [4.69, 9.17) is 9.15 Å². The van der Waals surface area contributed by atoms with Crippen LogP contribution in [0.1, 0.15) is 51.2 Å². The van der Waals surface area contributed by atoms with Crippen LogP contribution in [-0.4, -0.2) is 10.7 Å². The normalized spacial score (nSPS) is 22.0. The maximum Gasteiger partial charge on any atom is 0.422 e. The molecule has 3 atom stereocenters. The van der Waals surface area contributed by atoms with Gasteiger partial charge in [-0.05, 0) is 35.3 Å². The summed E-state index contributed by atoms with van der Waals surface area (Å²) in [5.74, 6) is 0.885. The van der Waals surface area contributed by atoms with Crippen LogP contribution in [0, 0.1) is 11.8 Å². The summed E-state index contributed by atoms with van der Waals surface area (Å²) in [7, 11) is 0. The molecular weight excluding hydrogens is 374 g/mol. The van der Waals surface area contributed by atoms with Crippen LogP contribution >= 0.6 is 0 Å². The highest BCUT2D eigenvalue weighted by Gasteiger charge is 2.41. The molecule has 1 heterocycles. The van der Waals surface area contributed by atoms with Gasteiger partial charge in [-0.2, -0.15) is 0 Å². The zero-order chi connectivity index (χ0) is 21.1. The van der Waals surface area contributed by atoms with E-state index < -0.39 is 0 Å². The van der Waals surface area contributed by atoms with E-state index in [9.17, 15) is 4.79 Å². The molecule has 2 aromatic carbocycles. The first-order chi connectivity index (χ1) is 14.4. The van der Waals surface area contributed by atoms with E-state index in [0.717, 1.165) is 18.4 Å². The Kier molecular flexibility index (Phi) is 5.85. The zero-order valence-electron chi connectivity index (χ0n) is 18.1. The largest absolute Gasteiger partial charge is 0.460 e. The summed E-state index contributed by atoms with van der Waals surface area (Å²) in [5.41, 5.74) is 2.35. The third-order valence-corrected chi connectivity index (χ3v) is 6.65. The van der Waals surface area contributed by atoms with E-state index in [0.29, 0.717) is 24.3 Å². The summed E-state index contributed by atoms with van der Waals surface area (Å²) in [5, 5.41) is 0. The van der Waals surface area contributed by atoms with Crippen LogP contribution < -0.4 is 10.5 Å². The quantitative estimate of drug-likeness (QED) is 0.532. The number of aromatic nitrogens is 1. The van der Waals surface area contributed by atoms with E-state index in [1.54, 1.807) is 10.8 Å². The lowest BCUT2D eigenvalue weighted by Crippen LogP contribution is -2.44. The SMILES string of the molecule is CC1CCC(C(C)(C)c2ccccc2)C(Oc2cn(Cc3ccccc3)c(=O)o2)C1. The lowest BCUT2D eigenvalue weighted by molar-refractivity contribution is 0.0165. The summed E-state index contributed by atoms with van der Waals surface area (Å²) in [6, 6.07) is 20.6. The Labute approximate surface area is 178 Å². The van der Waals surface area contributed by atoms with Crippen molar-refractivity contribution in [1.82, 2.24) is 4.57 Å². The van der Waals surface area contributed by atoms with Crippen LogP contribution in [0.3, 0.4) is 0 Å². The Balaban J connectivity index is 1.55. The van der Waals surface area contributed by atoms with Gasteiger partial charge in [0.15, 0.2) is 0 Å². The molecule has 0 bridgehead atoms. The van der Waals surface area contributed by atoms with Gasteiger partial charge in [-0.25, -0.2) is 4.79 Å². The molecule has 0 aliphatic heterocycles. The van der Waals surface area contributed by atoms with Gasteiger partial charge >= 0.3 is 11.7 Å². The third kappa shape index (κ3) is 4.38. The fourth-order valence-electron chi connectivity index (χ4n) is 4.81. The molecular formula is C26H31NO3. The maximum absolute atomic E-state index is 12.4. The van der Waals surface area contributed by atoms with Crippen LogP contribution in [0.4, 0.5) is 0 Å². The van der Waals surface area contributed by atoms with Gasteiger partial charge in [0, 0.05) is 5.92 Å². The number of nitrogens with zero attached hydrogens (tertiary/aromatic N) is 1. The maximum atomic E-state index is 12.4. The Hall–Kier alpha value is -2.75. The zero-order valence-corrected chi connectivity index (χ0v) is 18.1. The molecule has 0 radical (unpaired) electrons. The first-order valence-electron chi connectivity index (χ1n) is 10.9. The van der Waals surface area contributed by atoms with Crippen molar-refractivity contribution in [1.29, 1.82) is 0 Å². The molecule has 0 N–H and O–H groups in total. The Morgan fingerprint density at radius 3 is 2.40 bits per heavy atom. The predicted molar refractivity (Wildman–Crippen MR) is 119 cm³/mol. The monoisotopic (exact) mass is 405 g/mol. The molecule has 1 aliphatic rings. The van der Waals surface area contributed by atoms with Crippen LogP contribution in [0.15, 0.2) is 76.1 Å². The molecule has 1 aromatic heterocycles. The average molecular weight is 406 g/mol. The van der Waals surface area contributed by atoms with Crippen molar-refractivity contribution in [3.05, 3.63) is 88.5 Å². The average Bonchev–Trinajstić information content (AvgIpc) is 3.08. The van der Waals surface area contributed by atoms with Crippen LogP contribution in [0.5, 0.6) is 5.95 Å². The summed E-state index contributed by atoms with van der Waals surface area (Å²) >= 11 is 0. The Bertz CT molecular complexity index is 1000. The van der Waals surface area contributed by atoms with Gasteiger partial charge in [-0.1, -0.05) is 87.9 Å². The van der Waals surface area contributed by atoms with Crippen molar-refractivity contribution >= 4 is 0 Å². The molecule has 0 saturated heterocycles. The predicted octanol–water partition coefficient (Wildman–Crippen LogP) is 5.65. The molecule has 4 heteroatoms. The summed E-state index contributed by atoms with van der Waals surface area (Å²) in [4.78, 5) is 12.4. The number of benzene rings is 2. The summed E-state index contributed by atoms with van der Waals surface area (Å²) in [6.45, 7) is 7.36. The van der Waals surface area contributed by atoms with Gasteiger partial charge in [-0.15, -0.1) is 0 Å². The first-order valence-corrected chi connectivity index (χ1v) is 10.9. The number of hydrogen-bond donors (Lipinski definition) is 0. The van der Waals surface area contributed by atoms with E-state index >= 15 is 0 Å². The number of oxazole rings is 1. The van der Waals surface area contributed by atoms with Crippen molar-refractivity contribution in [2.24, 2.45) is 11.8 Å². The van der Waals surface area contributed by atoms with Gasteiger partial charge < -0.3 is 9.15 Å². The van der Waals surface area contributed by atoms with E-state index in [2.05, 4.69) is 51.1 Å². The van der Waals surface area contributed by atoms with Gasteiger partial charge in [0.05, 0.1) is 12.7 Å². The number of hydrogen-bond acceptors (Lipinski definition) is 3. The van der Waals surface area contributed by atoms with Crippen molar-refractivity contribution in [2.45, 2.75) is 58.1 Å². The fourth-order valence-corrected chi connectivity index (χ4v) is 4.81. The minimum Gasteiger partial charge on any atom is -0.460 e. The molecule has 1 saturated carbocycles. The van der Waals surface area contributed by atoms with Gasteiger partial charge in [0.1, 0.15) is 6.10 Å². The molecule has 158 valence electrons. The molecule has 0 amide bonds. The standard InChI is InChI=1S/C26H31NO3/c1-19-14-15-22(26(2,3)21-12-8-5-9-13-21)23(16-19)29-24-18-27(25(28)30-24)17-20-10-6-4-7-11-20/h4-13,18-19,22-23H,14-17H2,1-3H3. The van der Waals surface area contributed by atoms with Crippen molar-refractivity contribution in [2.75, 3.05) is 0 Å². The van der Waals surface area contributed by atoms with Crippen LogP contribution in [-0.2, 0) is 12.0 Å². The van der Waals surface area contributed by atoms with E-state index in [1.165, 1.54) is 12.0 Å². The summed E-state index contributed by atoms with van der Waals surface area (Å²) in [6.07, 6.45) is 4.98. The van der Waals surface area contributed by atoms with Crippen molar-refractivity contribution < 1.29 is 9.15 Å². The second-order valence-corrected chi connectivity index (χ2v) is 9.20. The fraction of sp³-hybridized carbons (Fsp3) is 0.423. The van der Waals surface area contributed by atoms with Gasteiger partial charge in [0.2, 0.25) is 0 Å². The second-order valence-electron chi connectivity index (χ2n) is 9.20. The molecule has 4 rings (SSSR count). The minimum atomic E-state index is -0.378. The smallest absolute Gasteiger partial charge is 0.422 e.